The quantitative estimate of drug-likeness (QED) is 0.561. The van der Waals surface area contributed by atoms with Gasteiger partial charge in [0, 0.05) is 24.1 Å². The summed E-state index contributed by atoms with van der Waals surface area (Å²) in [4.78, 5) is 23.8. The number of methoxy groups -OCH3 is 1. The average Bonchev–Trinajstić information content (AvgIpc) is 2.72. The molecule has 0 fully saturated rings. The molecule has 152 valence electrons. The summed E-state index contributed by atoms with van der Waals surface area (Å²) in [6.07, 6.45) is 2.46. The van der Waals surface area contributed by atoms with Gasteiger partial charge in [-0.3, -0.25) is 4.79 Å². The Morgan fingerprint density at radius 3 is 2.52 bits per heavy atom. The van der Waals surface area contributed by atoms with E-state index < -0.39 is 0 Å². The molecule has 6 nitrogen and oxygen atoms in total. The smallest absolute Gasteiger partial charge is 0.336 e. The number of aryl methyl sites for hydroxylation is 1. The Labute approximate surface area is 169 Å². The third-order valence-electron chi connectivity index (χ3n) is 4.59. The van der Waals surface area contributed by atoms with Gasteiger partial charge in [-0.05, 0) is 48.2 Å². The Bertz CT molecular complexity index is 1020. The highest BCUT2D eigenvalue weighted by molar-refractivity contribution is 5.82. The van der Waals surface area contributed by atoms with Gasteiger partial charge in [0.2, 0.25) is 0 Å². The fraction of sp³-hybridized carbons (Fsp3) is 0.304. The predicted molar refractivity (Wildman–Crippen MR) is 112 cm³/mol. The maximum atomic E-state index is 12.0. The van der Waals surface area contributed by atoms with E-state index in [0.717, 1.165) is 41.5 Å². The number of benzene rings is 2. The van der Waals surface area contributed by atoms with E-state index in [4.69, 9.17) is 13.9 Å². The van der Waals surface area contributed by atoms with Gasteiger partial charge in [-0.15, -0.1) is 0 Å². The second-order valence-electron chi connectivity index (χ2n) is 6.74. The largest absolute Gasteiger partial charge is 0.497 e. The summed E-state index contributed by atoms with van der Waals surface area (Å²) in [5.41, 5.74) is 2.16. The molecule has 29 heavy (non-hydrogen) atoms. The fourth-order valence-corrected chi connectivity index (χ4v) is 3.11. The lowest BCUT2D eigenvalue weighted by Crippen LogP contribution is -2.30. The van der Waals surface area contributed by atoms with Crippen LogP contribution in [0.4, 0.5) is 0 Å². The lowest BCUT2D eigenvalue weighted by molar-refractivity contribution is -0.123. The number of hydrogen-bond donors (Lipinski definition) is 1. The van der Waals surface area contributed by atoms with Crippen molar-refractivity contribution in [3.05, 3.63) is 70.1 Å². The molecule has 2 aromatic carbocycles. The van der Waals surface area contributed by atoms with E-state index in [9.17, 15) is 9.59 Å². The van der Waals surface area contributed by atoms with Crippen LogP contribution in [-0.4, -0.2) is 26.2 Å². The zero-order valence-corrected chi connectivity index (χ0v) is 16.7. The highest BCUT2D eigenvalue weighted by Crippen LogP contribution is 2.23. The van der Waals surface area contributed by atoms with E-state index in [1.807, 2.05) is 30.3 Å². The highest BCUT2D eigenvalue weighted by atomic mass is 16.5. The maximum Gasteiger partial charge on any atom is 0.336 e. The van der Waals surface area contributed by atoms with Gasteiger partial charge in [0.15, 0.2) is 6.61 Å². The first kappa shape index (κ1) is 20.5. The van der Waals surface area contributed by atoms with Crippen molar-refractivity contribution >= 4 is 16.9 Å². The summed E-state index contributed by atoms with van der Waals surface area (Å²) in [5, 5.41) is 3.72. The number of carbonyl (C=O) groups excluding carboxylic acids is 1. The van der Waals surface area contributed by atoms with E-state index in [1.165, 1.54) is 6.07 Å². The molecule has 0 unspecified atom stereocenters. The first-order valence-corrected chi connectivity index (χ1v) is 9.68. The summed E-state index contributed by atoms with van der Waals surface area (Å²) in [6, 6.07) is 14.6. The van der Waals surface area contributed by atoms with Gasteiger partial charge in [0.05, 0.1) is 7.11 Å². The van der Waals surface area contributed by atoms with Crippen LogP contribution in [0.5, 0.6) is 11.5 Å². The van der Waals surface area contributed by atoms with Gasteiger partial charge < -0.3 is 19.2 Å². The monoisotopic (exact) mass is 395 g/mol. The molecule has 0 saturated heterocycles. The van der Waals surface area contributed by atoms with Crippen LogP contribution in [0.25, 0.3) is 11.0 Å². The zero-order valence-electron chi connectivity index (χ0n) is 16.7. The van der Waals surface area contributed by atoms with Crippen molar-refractivity contribution in [2.45, 2.75) is 26.2 Å². The van der Waals surface area contributed by atoms with Crippen molar-refractivity contribution in [1.29, 1.82) is 0 Å². The van der Waals surface area contributed by atoms with Crippen LogP contribution in [0.1, 0.15) is 24.5 Å². The Kier molecular flexibility index (Phi) is 6.89. The minimum absolute atomic E-state index is 0.104. The van der Waals surface area contributed by atoms with Crippen molar-refractivity contribution in [1.82, 2.24) is 5.32 Å². The Balaban J connectivity index is 1.52. The summed E-state index contributed by atoms with van der Waals surface area (Å²) < 4.78 is 16.0. The highest BCUT2D eigenvalue weighted by Gasteiger charge is 2.08. The fourth-order valence-electron chi connectivity index (χ4n) is 3.11. The molecule has 1 amide bonds. The van der Waals surface area contributed by atoms with E-state index in [-0.39, 0.29) is 18.1 Å². The lowest BCUT2D eigenvalue weighted by atomic mass is 10.1. The zero-order chi connectivity index (χ0) is 20.6. The molecule has 0 saturated carbocycles. The minimum atomic E-state index is -0.380. The summed E-state index contributed by atoms with van der Waals surface area (Å²) in [6.45, 7) is 2.47. The van der Waals surface area contributed by atoms with Crippen LogP contribution >= 0.6 is 0 Å². The maximum absolute atomic E-state index is 12.0. The molecule has 0 spiro atoms. The van der Waals surface area contributed by atoms with Crippen molar-refractivity contribution in [3.8, 4) is 11.5 Å². The van der Waals surface area contributed by atoms with Crippen molar-refractivity contribution < 1.29 is 18.7 Å². The molecule has 0 bridgehead atoms. The summed E-state index contributed by atoms with van der Waals surface area (Å²) >= 11 is 0. The Hall–Kier alpha value is -3.28. The summed E-state index contributed by atoms with van der Waals surface area (Å²) in [7, 11) is 1.63. The number of nitrogens with one attached hydrogen (secondary N) is 1. The molecule has 0 aliphatic heterocycles. The molecule has 0 atom stereocenters. The van der Waals surface area contributed by atoms with Crippen LogP contribution in [-0.2, 0) is 17.6 Å². The number of carbonyl (C=O) groups is 1. The predicted octanol–water partition coefficient (Wildman–Crippen LogP) is 3.49. The number of ether oxygens (including phenoxy) is 2. The SMILES string of the molecule is CCCc1cc(=O)oc2cc(OCC(=O)NCCc3ccc(OC)cc3)ccc12. The minimum Gasteiger partial charge on any atom is -0.497 e. The van der Waals surface area contributed by atoms with Gasteiger partial charge in [-0.25, -0.2) is 4.79 Å². The molecule has 1 aromatic heterocycles. The number of rotatable bonds is 9. The number of fused-ring (bicyclic) bond motifs is 1. The van der Waals surface area contributed by atoms with Gasteiger partial charge in [0.25, 0.3) is 5.91 Å². The van der Waals surface area contributed by atoms with Gasteiger partial charge in [0.1, 0.15) is 17.1 Å². The molecule has 1 heterocycles. The van der Waals surface area contributed by atoms with Crippen molar-refractivity contribution in [2.75, 3.05) is 20.3 Å². The normalized spacial score (nSPS) is 10.7. The number of amides is 1. The first-order valence-electron chi connectivity index (χ1n) is 9.68. The van der Waals surface area contributed by atoms with E-state index in [1.54, 1.807) is 19.2 Å². The lowest BCUT2D eigenvalue weighted by Gasteiger charge is -2.09. The second-order valence-corrected chi connectivity index (χ2v) is 6.74. The standard InChI is InChI=1S/C23H25NO5/c1-3-4-17-13-23(26)29-21-14-19(9-10-20(17)21)28-15-22(25)24-12-11-16-5-7-18(27-2)8-6-16/h5-10,13-14H,3-4,11-12,15H2,1-2H3,(H,24,25). The second kappa shape index (κ2) is 9.78. The van der Waals surface area contributed by atoms with Crippen molar-refractivity contribution in [2.24, 2.45) is 0 Å². The van der Waals surface area contributed by atoms with E-state index >= 15 is 0 Å². The molecule has 0 aliphatic carbocycles. The topological polar surface area (TPSA) is 77.8 Å². The van der Waals surface area contributed by atoms with Gasteiger partial charge in [-0.2, -0.15) is 0 Å². The van der Waals surface area contributed by atoms with Crippen LogP contribution in [0.3, 0.4) is 0 Å². The Morgan fingerprint density at radius 2 is 1.79 bits per heavy atom. The first-order chi connectivity index (χ1) is 14.1. The number of hydrogen-bond acceptors (Lipinski definition) is 5. The Morgan fingerprint density at radius 1 is 1.03 bits per heavy atom. The average molecular weight is 395 g/mol. The van der Waals surface area contributed by atoms with Gasteiger partial charge >= 0.3 is 5.63 Å². The van der Waals surface area contributed by atoms with Crippen LogP contribution in [0, 0.1) is 0 Å². The molecule has 6 heteroatoms. The molecular formula is C23H25NO5. The molecule has 1 N–H and O–H groups in total. The third-order valence-corrected chi connectivity index (χ3v) is 4.59. The van der Waals surface area contributed by atoms with Crippen LogP contribution < -0.4 is 20.4 Å². The van der Waals surface area contributed by atoms with Gasteiger partial charge in [-0.1, -0.05) is 25.5 Å². The van der Waals surface area contributed by atoms with E-state index in [2.05, 4.69) is 12.2 Å². The molecule has 3 aromatic rings. The van der Waals surface area contributed by atoms with E-state index in [0.29, 0.717) is 17.9 Å². The molecule has 3 rings (SSSR count). The van der Waals surface area contributed by atoms with Crippen LogP contribution in [0.15, 0.2) is 57.7 Å². The molecular weight excluding hydrogens is 370 g/mol. The third kappa shape index (κ3) is 5.60. The molecule has 0 radical (unpaired) electrons. The van der Waals surface area contributed by atoms with Crippen molar-refractivity contribution in [3.63, 3.8) is 0 Å². The van der Waals surface area contributed by atoms with Crippen LogP contribution in [0.2, 0.25) is 0 Å². The molecule has 0 aliphatic rings. The summed E-state index contributed by atoms with van der Waals surface area (Å²) in [5.74, 6) is 1.08.